The van der Waals surface area contributed by atoms with E-state index in [1.54, 1.807) is 0 Å². The first-order chi connectivity index (χ1) is 10.2. The average molecular weight is 346 g/mol. The summed E-state index contributed by atoms with van der Waals surface area (Å²) in [7, 11) is 0. The van der Waals surface area contributed by atoms with Gasteiger partial charge in [0.1, 0.15) is 0 Å². The van der Waals surface area contributed by atoms with Crippen molar-refractivity contribution >= 4 is 15.9 Å². The predicted molar refractivity (Wildman–Crippen MR) is 78.8 cm³/mol. The standard InChI is InChI=1S/C15H12BrN3O2/c1-8-13(20-7-17-8)14-18-15(21-19-14)12-6-11(12)9-2-4-10(16)5-3-9/h2-5,7,11-12H,6H2,1H3/t11-,12+/m0/s1. The molecule has 21 heavy (non-hydrogen) atoms. The Morgan fingerprint density at radius 3 is 2.71 bits per heavy atom. The van der Waals surface area contributed by atoms with Crippen LogP contribution >= 0.6 is 15.9 Å². The van der Waals surface area contributed by atoms with Crippen LogP contribution in [-0.2, 0) is 0 Å². The molecule has 0 unspecified atom stereocenters. The number of aryl methyl sites for hydroxylation is 1. The van der Waals surface area contributed by atoms with Crippen molar-refractivity contribution in [1.29, 1.82) is 0 Å². The SMILES string of the molecule is Cc1ncoc1-c1noc([C@@H]2C[C@H]2c2ccc(Br)cc2)n1. The van der Waals surface area contributed by atoms with Gasteiger partial charge in [-0.15, -0.1) is 0 Å². The van der Waals surface area contributed by atoms with Crippen LogP contribution in [0.25, 0.3) is 11.6 Å². The second kappa shape index (κ2) is 4.80. The Balaban J connectivity index is 1.55. The summed E-state index contributed by atoms with van der Waals surface area (Å²) in [4.78, 5) is 8.49. The van der Waals surface area contributed by atoms with Crippen molar-refractivity contribution in [1.82, 2.24) is 15.1 Å². The van der Waals surface area contributed by atoms with Crippen LogP contribution in [-0.4, -0.2) is 15.1 Å². The van der Waals surface area contributed by atoms with Crippen LogP contribution in [0.2, 0.25) is 0 Å². The van der Waals surface area contributed by atoms with E-state index in [0.717, 1.165) is 16.6 Å². The summed E-state index contributed by atoms with van der Waals surface area (Å²) in [6.07, 6.45) is 2.43. The number of rotatable bonds is 3. The molecule has 0 amide bonds. The van der Waals surface area contributed by atoms with Crippen molar-refractivity contribution in [3.63, 3.8) is 0 Å². The Morgan fingerprint density at radius 2 is 2.00 bits per heavy atom. The predicted octanol–water partition coefficient (Wildman–Crippen LogP) is 4.07. The molecule has 1 aliphatic rings. The largest absolute Gasteiger partial charge is 0.440 e. The molecule has 1 aromatic carbocycles. The molecule has 0 aliphatic heterocycles. The molecule has 3 aromatic rings. The van der Waals surface area contributed by atoms with Gasteiger partial charge in [-0.2, -0.15) is 4.98 Å². The van der Waals surface area contributed by atoms with E-state index in [2.05, 4.69) is 55.3 Å². The minimum Gasteiger partial charge on any atom is -0.440 e. The zero-order chi connectivity index (χ0) is 14.4. The summed E-state index contributed by atoms with van der Waals surface area (Å²) >= 11 is 3.45. The number of hydrogen-bond acceptors (Lipinski definition) is 5. The zero-order valence-electron chi connectivity index (χ0n) is 11.3. The number of nitrogens with zero attached hydrogens (tertiary/aromatic N) is 3. The molecule has 6 heteroatoms. The summed E-state index contributed by atoms with van der Waals surface area (Å²) < 4.78 is 11.8. The van der Waals surface area contributed by atoms with E-state index in [-0.39, 0.29) is 0 Å². The maximum Gasteiger partial charge on any atom is 0.240 e. The van der Waals surface area contributed by atoms with E-state index in [0.29, 0.717) is 29.3 Å². The Morgan fingerprint density at radius 1 is 1.19 bits per heavy atom. The third kappa shape index (κ3) is 2.29. The van der Waals surface area contributed by atoms with Crippen molar-refractivity contribution in [2.45, 2.75) is 25.2 Å². The molecule has 0 radical (unpaired) electrons. The van der Waals surface area contributed by atoms with E-state index in [1.165, 1.54) is 12.0 Å². The molecule has 5 nitrogen and oxygen atoms in total. The van der Waals surface area contributed by atoms with Crippen LogP contribution in [0.5, 0.6) is 0 Å². The molecule has 106 valence electrons. The van der Waals surface area contributed by atoms with Crippen molar-refractivity contribution in [3.05, 3.63) is 52.3 Å². The van der Waals surface area contributed by atoms with Crippen LogP contribution in [0.3, 0.4) is 0 Å². The summed E-state index contributed by atoms with van der Waals surface area (Å²) in [5, 5.41) is 4.00. The Labute approximate surface area is 129 Å². The lowest BCUT2D eigenvalue weighted by Gasteiger charge is -1.98. The zero-order valence-corrected chi connectivity index (χ0v) is 12.9. The van der Waals surface area contributed by atoms with Gasteiger partial charge in [-0.05, 0) is 37.0 Å². The molecule has 0 spiro atoms. The highest BCUT2D eigenvalue weighted by atomic mass is 79.9. The number of oxazole rings is 1. The van der Waals surface area contributed by atoms with Gasteiger partial charge >= 0.3 is 0 Å². The summed E-state index contributed by atoms with van der Waals surface area (Å²) in [6, 6.07) is 8.38. The van der Waals surface area contributed by atoms with Gasteiger partial charge in [-0.25, -0.2) is 4.98 Å². The molecular weight excluding hydrogens is 334 g/mol. The Kier molecular flexibility index (Phi) is 2.92. The van der Waals surface area contributed by atoms with Crippen molar-refractivity contribution in [2.75, 3.05) is 0 Å². The van der Waals surface area contributed by atoms with Gasteiger partial charge < -0.3 is 8.94 Å². The fourth-order valence-electron chi connectivity index (χ4n) is 2.54. The second-order valence-electron chi connectivity index (χ2n) is 5.22. The fraction of sp³-hybridized carbons (Fsp3) is 0.267. The van der Waals surface area contributed by atoms with E-state index in [4.69, 9.17) is 8.94 Å². The molecule has 2 atom stereocenters. The van der Waals surface area contributed by atoms with Crippen LogP contribution in [0.1, 0.15) is 35.4 Å². The lowest BCUT2D eigenvalue weighted by Crippen LogP contribution is -1.86. The van der Waals surface area contributed by atoms with Gasteiger partial charge in [-0.3, -0.25) is 0 Å². The van der Waals surface area contributed by atoms with Crippen LogP contribution < -0.4 is 0 Å². The van der Waals surface area contributed by atoms with Crippen molar-refractivity contribution < 1.29 is 8.94 Å². The molecule has 4 rings (SSSR count). The van der Waals surface area contributed by atoms with Gasteiger partial charge in [0.2, 0.25) is 11.7 Å². The Hall–Kier alpha value is -1.95. The van der Waals surface area contributed by atoms with E-state index in [9.17, 15) is 0 Å². The molecule has 1 saturated carbocycles. The Bertz CT molecular complexity index is 778. The van der Waals surface area contributed by atoms with E-state index >= 15 is 0 Å². The van der Waals surface area contributed by atoms with E-state index in [1.807, 2.05) is 6.92 Å². The van der Waals surface area contributed by atoms with Gasteiger partial charge in [0.25, 0.3) is 0 Å². The first kappa shape index (κ1) is 12.8. The molecule has 2 heterocycles. The van der Waals surface area contributed by atoms with Gasteiger partial charge in [0.15, 0.2) is 12.2 Å². The molecule has 0 bridgehead atoms. The molecule has 1 aliphatic carbocycles. The van der Waals surface area contributed by atoms with E-state index < -0.39 is 0 Å². The third-order valence-corrected chi connectivity index (χ3v) is 4.32. The minimum atomic E-state index is 0.302. The van der Waals surface area contributed by atoms with Crippen LogP contribution in [0.4, 0.5) is 0 Å². The van der Waals surface area contributed by atoms with Crippen molar-refractivity contribution in [3.8, 4) is 11.6 Å². The quantitative estimate of drug-likeness (QED) is 0.715. The summed E-state index contributed by atoms with van der Waals surface area (Å²) in [5.74, 6) is 2.49. The second-order valence-corrected chi connectivity index (χ2v) is 6.14. The molecule has 0 N–H and O–H groups in total. The topological polar surface area (TPSA) is 65.0 Å². The van der Waals surface area contributed by atoms with Gasteiger partial charge in [0, 0.05) is 10.4 Å². The minimum absolute atomic E-state index is 0.302. The first-order valence-corrected chi connectivity index (χ1v) is 7.51. The third-order valence-electron chi connectivity index (χ3n) is 3.80. The molecule has 2 aromatic heterocycles. The molecule has 0 saturated heterocycles. The first-order valence-electron chi connectivity index (χ1n) is 6.72. The van der Waals surface area contributed by atoms with Gasteiger partial charge in [0.05, 0.1) is 5.69 Å². The lowest BCUT2D eigenvalue weighted by molar-refractivity contribution is 0.377. The highest BCUT2D eigenvalue weighted by molar-refractivity contribution is 9.10. The lowest BCUT2D eigenvalue weighted by atomic mass is 10.1. The van der Waals surface area contributed by atoms with Crippen LogP contribution in [0.15, 0.2) is 44.1 Å². The summed E-state index contributed by atoms with van der Waals surface area (Å²) in [5.41, 5.74) is 2.07. The fourth-order valence-corrected chi connectivity index (χ4v) is 2.81. The number of halogens is 1. The maximum absolute atomic E-state index is 5.38. The number of aromatic nitrogens is 3. The smallest absolute Gasteiger partial charge is 0.240 e. The normalized spacial score (nSPS) is 20.7. The number of hydrogen-bond donors (Lipinski definition) is 0. The monoisotopic (exact) mass is 345 g/mol. The highest BCUT2D eigenvalue weighted by Crippen LogP contribution is 2.54. The molecule has 1 fully saturated rings. The summed E-state index contributed by atoms with van der Waals surface area (Å²) in [6.45, 7) is 1.86. The van der Waals surface area contributed by atoms with Crippen molar-refractivity contribution in [2.24, 2.45) is 0 Å². The highest BCUT2D eigenvalue weighted by Gasteiger charge is 2.43. The number of benzene rings is 1. The average Bonchev–Trinajstić information content (AvgIpc) is 2.92. The van der Waals surface area contributed by atoms with Gasteiger partial charge in [-0.1, -0.05) is 33.2 Å². The maximum atomic E-state index is 5.38. The van der Waals surface area contributed by atoms with Crippen LogP contribution in [0, 0.1) is 6.92 Å². The molecular formula is C15H12BrN3O2.